The highest BCUT2D eigenvalue weighted by Crippen LogP contribution is 2.31. The van der Waals surface area contributed by atoms with E-state index in [9.17, 15) is 14.0 Å². The zero-order valence-corrected chi connectivity index (χ0v) is 11.2. The molecule has 6 heteroatoms. The molecule has 0 aliphatic carbocycles. The van der Waals surface area contributed by atoms with Crippen LogP contribution in [0.1, 0.15) is 30.0 Å². The lowest BCUT2D eigenvalue weighted by Crippen LogP contribution is -2.39. The second-order valence-corrected chi connectivity index (χ2v) is 5.11. The van der Waals surface area contributed by atoms with E-state index in [1.165, 1.54) is 4.68 Å². The average Bonchev–Trinajstić information content (AvgIpc) is 2.72. The topological polar surface area (TPSA) is 64.0 Å². The molecule has 1 aliphatic heterocycles. The zero-order chi connectivity index (χ0) is 14.4. The molecule has 1 saturated heterocycles. The molecule has 0 radical (unpaired) electrons. The third-order valence-corrected chi connectivity index (χ3v) is 3.74. The number of hydrogen-bond donors (Lipinski definition) is 1. The quantitative estimate of drug-likeness (QED) is 0.803. The van der Waals surface area contributed by atoms with Crippen molar-refractivity contribution >= 4 is 22.7 Å². The number of amides is 2. The van der Waals surface area contributed by atoms with Crippen molar-refractivity contribution in [1.29, 1.82) is 0 Å². The van der Waals surface area contributed by atoms with E-state index in [2.05, 4.69) is 10.4 Å². The number of imide groups is 1. The van der Waals surface area contributed by atoms with E-state index in [1.54, 1.807) is 26.1 Å². The van der Waals surface area contributed by atoms with Gasteiger partial charge >= 0.3 is 0 Å². The Kier molecular flexibility index (Phi) is 2.81. The van der Waals surface area contributed by atoms with Gasteiger partial charge < -0.3 is 0 Å². The molecule has 1 fully saturated rings. The van der Waals surface area contributed by atoms with Crippen LogP contribution < -0.4 is 5.32 Å². The summed E-state index contributed by atoms with van der Waals surface area (Å²) in [6.45, 7) is 1.69. The van der Waals surface area contributed by atoms with Crippen LogP contribution in [0.25, 0.3) is 10.9 Å². The third-order valence-electron chi connectivity index (χ3n) is 3.74. The van der Waals surface area contributed by atoms with Gasteiger partial charge in [-0.1, -0.05) is 12.1 Å². The predicted molar refractivity (Wildman–Crippen MR) is 70.5 cm³/mol. The summed E-state index contributed by atoms with van der Waals surface area (Å²) in [6.07, 6.45) is 0.690. The summed E-state index contributed by atoms with van der Waals surface area (Å²) in [7, 11) is 1.65. The lowest BCUT2D eigenvalue weighted by molar-refractivity contribution is -0.134. The van der Waals surface area contributed by atoms with E-state index in [4.69, 9.17) is 0 Å². The number of hydrogen-bond acceptors (Lipinski definition) is 3. The Balaban J connectivity index is 2.16. The summed E-state index contributed by atoms with van der Waals surface area (Å²) in [6, 6.07) is 3.45. The van der Waals surface area contributed by atoms with Gasteiger partial charge in [0.2, 0.25) is 11.8 Å². The number of rotatable bonds is 1. The molecular formula is C14H14FN3O2. The van der Waals surface area contributed by atoms with Crippen LogP contribution in [0, 0.1) is 12.7 Å². The number of fused-ring (bicyclic) bond motifs is 1. The molecular weight excluding hydrogens is 261 g/mol. The number of nitrogens with zero attached hydrogens (tertiary/aromatic N) is 2. The summed E-state index contributed by atoms with van der Waals surface area (Å²) < 4.78 is 15.6. The van der Waals surface area contributed by atoms with Crippen LogP contribution in [0.3, 0.4) is 0 Å². The highest BCUT2D eigenvalue weighted by atomic mass is 19.1. The lowest BCUT2D eigenvalue weighted by atomic mass is 9.92. The molecule has 5 nitrogen and oxygen atoms in total. The van der Waals surface area contributed by atoms with Crippen molar-refractivity contribution in [2.24, 2.45) is 7.05 Å². The third kappa shape index (κ3) is 1.79. The van der Waals surface area contributed by atoms with Crippen LogP contribution in [-0.2, 0) is 16.6 Å². The van der Waals surface area contributed by atoms with Crippen LogP contribution in [0.2, 0.25) is 0 Å². The number of carbonyl (C=O) groups is 2. The molecule has 2 heterocycles. The first-order valence-electron chi connectivity index (χ1n) is 6.44. The first-order chi connectivity index (χ1) is 9.49. The van der Waals surface area contributed by atoms with Gasteiger partial charge in [0.1, 0.15) is 5.52 Å². The van der Waals surface area contributed by atoms with Gasteiger partial charge in [0, 0.05) is 18.9 Å². The predicted octanol–water partition coefficient (Wildman–Crippen LogP) is 1.54. The van der Waals surface area contributed by atoms with Crippen LogP contribution in [0.4, 0.5) is 4.39 Å². The van der Waals surface area contributed by atoms with Crippen molar-refractivity contribution in [3.05, 3.63) is 29.2 Å². The molecule has 1 unspecified atom stereocenters. The van der Waals surface area contributed by atoms with Crippen molar-refractivity contribution in [1.82, 2.24) is 15.1 Å². The number of aryl methyl sites for hydroxylation is 2. The molecule has 0 spiro atoms. The SMILES string of the molecule is Cc1ccc2c(C3CCC(=O)NC3=O)nn(C)c2c1F. The number of aromatic nitrogens is 2. The Morgan fingerprint density at radius 2 is 2.15 bits per heavy atom. The van der Waals surface area contributed by atoms with Crippen LogP contribution in [-0.4, -0.2) is 21.6 Å². The van der Waals surface area contributed by atoms with Crippen LogP contribution in [0.5, 0.6) is 0 Å². The fourth-order valence-corrected chi connectivity index (χ4v) is 2.67. The Morgan fingerprint density at radius 3 is 2.85 bits per heavy atom. The Hall–Kier alpha value is -2.24. The molecule has 0 saturated carbocycles. The number of halogens is 1. The van der Waals surface area contributed by atoms with Crippen LogP contribution >= 0.6 is 0 Å². The minimum absolute atomic E-state index is 0.270. The monoisotopic (exact) mass is 275 g/mol. The zero-order valence-electron chi connectivity index (χ0n) is 11.2. The first kappa shape index (κ1) is 12.8. The van der Waals surface area contributed by atoms with Crippen molar-refractivity contribution < 1.29 is 14.0 Å². The van der Waals surface area contributed by atoms with E-state index in [-0.39, 0.29) is 24.1 Å². The van der Waals surface area contributed by atoms with Gasteiger partial charge in [-0.25, -0.2) is 4.39 Å². The lowest BCUT2D eigenvalue weighted by Gasteiger charge is -2.19. The average molecular weight is 275 g/mol. The maximum atomic E-state index is 14.2. The summed E-state index contributed by atoms with van der Waals surface area (Å²) in [4.78, 5) is 23.1. The molecule has 1 aromatic heterocycles. The van der Waals surface area contributed by atoms with E-state index in [1.807, 2.05) is 0 Å². The standard InChI is InChI=1S/C14H14FN3O2/c1-7-3-4-8-12(17-18(2)13(8)11(7)15)9-5-6-10(19)16-14(9)20/h3-4,9H,5-6H2,1-2H3,(H,16,19,20). The van der Waals surface area contributed by atoms with Gasteiger partial charge in [-0.15, -0.1) is 0 Å². The summed E-state index contributed by atoms with van der Waals surface area (Å²) in [5.74, 6) is -1.45. The largest absolute Gasteiger partial charge is 0.296 e. The van der Waals surface area contributed by atoms with E-state index < -0.39 is 5.92 Å². The van der Waals surface area contributed by atoms with Gasteiger partial charge in [-0.3, -0.25) is 19.6 Å². The number of carbonyl (C=O) groups excluding carboxylic acids is 2. The smallest absolute Gasteiger partial charge is 0.235 e. The highest BCUT2D eigenvalue weighted by Gasteiger charge is 2.32. The minimum atomic E-state index is -0.501. The highest BCUT2D eigenvalue weighted by molar-refractivity contribution is 6.02. The summed E-state index contributed by atoms with van der Waals surface area (Å²) >= 11 is 0. The molecule has 104 valence electrons. The maximum absolute atomic E-state index is 14.2. The van der Waals surface area contributed by atoms with Gasteiger partial charge in [0.05, 0.1) is 11.6 Å². The summed E-state index contributed by atoms with van der Waals surface area (Å²) in [5.41, 5.74) is 1.46. The molecule has 1 aromatic carbocycles. The van der Waals surface area contributed by atoms with Gasteiger partial charge in [-0.2, -0.15) is 5.10 Å². The van der Waals surface area contributed by atoms with Crippen LogP contribution in [0.15, 0.2) is 12.1 Å². The molecule has 1 aliphatic rings. The van der Waals surface area contributed by atoms with Crippen molar-refractivity contribution in [2.45, 2.75) is 25.7 Å². The normalized spacial score (nSPS) is 19.4. The number of benzene rings is 1. The van der Waals surface area contributed by atoms with Gasteiger partial charge in [-0.05, 0) is 18.9 Å². The molecule has 20 heavy (non-hydrogen) atoms. The minimum Gasteiger partial charge on any atom is -0.296 e. The molecule has 0 bridgehead atoms. The molecule has 1 N–H and O–H groups in total. The second kappa shape index (κ2) is 4.40. The number of piperidine rings is 1. The Bertz CT molecular complexity index is 736. The first-order valence-corrected chi connectivity index (χ1v) is 6.44. The van der Waals surface area contributed by atoms with Gasteiger partial charge in [0.25, 0.3) is 0 Å². The maximum Gasteiger partial charge on any atom is 0.235 e. The molecule has 2 aromatic rings. The van der Waals surface area contributed by atoms with Gasteiger partial charge in [0.15, 0.2) is 5.82 Å². The molecule has 1 atom stereocenters. The fourth-order valence-electron chi connectivity index (χ4n) is 2.67. The Labute approximate surface area is 114 Å². The van der Waals surface area contributed by atoms with Crippen molar-refractivity contribution in [2.75, 3.05) is 0 Å². The van der Waals surface area contributed by atoms with Crippen molar-refractivity contribution in [3.8, 4) is 0 Å². The molecule has 3 rings (SSSR count). The Morgan fingerprint density at radius 1 is 1.40 bits per heavy atom. The fraction of sp³-hybridized carbons (Fsp3) is 0.357. The second-order valence-electron chi connectivity index (χ2n) is 5.11. The van der Waals surface area contributed by atoms with E-state index in [0.717, 1.165) is 0 Å². The molecule has 2 amide bonds. The summed E-state index contributed by atoms with van der Waals surface area (Å²) in [5, 5.41) is 7.23. The van der Waals surface area contributed by atoms with Crippen molar-refractivity contribution in [3.63, 3.8) is 0 Å². The van der Waals surface area contributed by atoms with E-state index >= 15 is 0 Å². The number of nitrogens with one attached hydrogen (secondary N) is 1. The van der Waals surface area contributed by atoms with E-state index in [0.29, 0.717) is 28.6 Å².